The zero-order valence-electron chi connectivity index (χ0n) is 9.92. The maximum atomic E-state index is 11.7. The van der Waals surface area contributed by atoms with E-state index >= 15 is 0 Å². The number of H-pyrrole nitrogens is 1. The minimum atomic E-state index is -0.513. The fourth-order valence-corrected chi connectivity index (χ4v) is 1.45. The SMILES string of the molecule is O=C(CNC(=O)c1ccc(=O)[nH]n1)c1ccccc1. The van der Waals surface area contributed by atoms with Gasteiger partial charge in [-0.3, -0.25) is 14.4 Å². The van der Waals surface area contributed by atoms with Crippen molar-refractivity contribution in [2.24, 2.45) is 0 Å². The molecule has 0 spiro atoms. The molecule has 1 aromatic heterocycles. The molecule has 0 saturated carbocycles. The van der Waals surface area contributed by atoms with E-state index in [0.29, 0.717) is 5.56 Å². The molecule has 0 aliphatic rings. The Kier molecular flexibility index (Phi) is 3.82. The summed E-state index contributed by atoms with van der Waals surface area (Å²) in [6, 6.07) is 11.1. The van der Waals surface area contributed by atoms with E-state index in [2.05, 4.69) is 15.5 Å². The molecule has 6 nitrogen and oxygen atoms in total. The summed E-state index contributed by atoms with van der Waals surface area (Å²) >= 11 is 0. The van der Waals surface area contributed by atoms with Gasteiger partial charge in [0.05, 0.1) is 6.54 Å². The van der Waals surface area contributed by atoms with Gasteiger partial charge in [-0.2, -0.15) is 5.10 Å². The number of nitrogens with one attached hydrogen (secondary N) is 2. The molecule has 0 unspecified atom stereocenters. The predicted octanol–water partition coefficient (Wildman–Crippen LogP) is 0.383. The van der Waals surface area contributed by atoms with Crippen molar-refractivity contribution in [3.05, 3.63) is 64.1 Å². The number of amides is 1. The number of benzene rings is 1. The van der Waals surface area contributed by atoms with Crippen LogP contribution in [-0.2, 0) is 0 Å². The molecule has 1 aromatic carbocycles. The van der Waals surface area contributed by atoms with Gasteiger partial charge < -0.3 is 5.32 Å². The van der Waals surface area contributed by atoms with Crippen LogP contribution in [0.4, 0.5) is 0 Å². The summed E-state index contributed by atoms with van der Waals surface area (Å²) in [5.41, 5.74) is 0.189. The van der Waals surface area contributed by atoms with Gasteiger partial charge >= 0.3 is 0 Å². The van der Waals surface area contributed by atoms with Crippen molar-refractivity contribution in [3.8, 4) is 0 Å². The van der Waals surface area contributed by atoms with E-state index in [1.54, 1.807) is 30.3 Å². The van der Waals surface area contributed by atoms with Gasteiger partial charge in [-0.15, -0.1) is 0 Å². The van der Waals surface area contributed by atoms with Gasteiger partial charge in [0.25, 0.3) is 11.5 Å². The molecule has 0 fully saturated rings. The summed E-state index contributed by atoms with van der Waals surface area (Å²) in [7, 11) is 0. The zero-order valence-corrected chi connectivity index (χ0v) is 9.92. The van der Waals surface area contributed by atoms with Crippen molar-refractivity contribution >= 4 is 11.7 Å². The maximum Gasteiger partial charge on any atom is 0.272 e. The topological polar surface area (TPSA) is 91.9 Å². The average Bonchev–Trinajstić information content (AvgIpc) is 2.46. The number of hydrogen-bond acceptors (Lipinski definition) is 4. The summed E-state index contributed by atoms with van der Waals surface area (Å²) in [5.74, 6) is -0.709. The Balaban J connectivity index is 1.96. The van der Waals surface area contributed by atoms with Crippen molar-refractivity contribution < 1.29 is 9.59 Å². The molecule has 19 heavy (non-hydrogen) atoms. The molecule has 0 atom stereocenters. The monoisotopic (exact) mass is 257 g/mol. The largest absolute Gasteiger partial charge is 0.343 e. The van der Waals surface area contributed by atoms with Crippen LogP contribution in [0, 0.1) is 0 Å². The van der Waals surface area contributed by atoms with Crippen LogP contribution in [0.25, 0.3) is 0 Å². The number of rotatable bonds is 4. The third kappa shape index (κ3) is 3.35. The molecule has 1 amide bonds. The number of hydrogen-bond donors (Lipinski definition) is 2. The highest BCUT2D eigenvalue weighted by Gasteiger charge is 2.10. The maximum absolute atomic E-state index is 11.7. The Morgan fingerprint density at radius 1 is 1.11 bits per heavy atom. The summed E-state index contributed by atoms with van der Waals surface area (Å²) < 4.78 is 0. The highest BCUT2D eigenvalue weighted by atomic mass is 16.2. The molecule has 0 aliphatic carbocycles. The number of nitrogens with zero attached hydrogens (tertiary/aromatic N) is 1. The van der Waals surface area contributed by atoms with Gasteiger partial charge in [-0.1, -0.05) is 30.3 Å². The zero-order chi connectivity index (χ0) is 13.7. The fraction of sp³-hybridized carbons (Fsp3) is 0.0769. The van der Waals surface area contributed by atoms with Crippen LogP contribution in [0.5, 0.6) is 0 Å². The first-order valence-electron chi connectivity index (χ1n) is 5.59. The molecule has 2 aromatic rings. The Hall–Kier alpha value is -2.76. The smallest absolute Gasteiger partial charge is 0.272 e. The molecule has 1 heterocycles. The lowest BCUT2D eigenvalue weighted by Gasteiger charge is -2.03. The second kappa shape index (κ2) is 5.72. The second-order valence-electron chi connectivity index (χ2n) is 3.78. The minimum absolute atomic E-state index is 0.0560. The van der Waals surface area contributed by atoms with E-state index in [1.165, 1.54) is 12.1 Å². The molecule has 0 radical (unpaired) electrons. The summed E-state index contributed by atoms with van der Waals surface area (Å²) in [6.45, 7) is -0.121. The number of aromatic nitrogens is 2. The number of aromatic amines is 1. The first-order chi connectivity index (χ1) is 9.16. The average molecular weight is 257 g/mol. The molecule has 0 saturated heterocycles. The van der Waals surface area contributed by atoms with Gasteiger partial charge in [0, 0.05) is 11.6 Å². The summed E-state index contributed by atoms with van der Waals surface area (Å²) in [4.78, 5) is 34.2. The van der Waals surface area contributed by atoms with E-state index in [1.807, 2.05) is 0 Å². The Labute approximate surface area is 108 Å². The van der Waals surface area contributed by atoms with Gasteiger partial charge in [-0.25, -0.2) is 5.10 Å². The molecular weight excluding hydrogens is 246 g/mol. The number of carbonyl (C=O) groups excluding carboxylic acids is 2. The number of Topliss-reactive ketones (excluding diaryl/α,β-unsaturated/α-hetero) is 1. The standard InChI is InChI=1S/C13H11N3O3/c17-11(9-4-2-1-3-5-9)8-14-13(19)10-6-7-12(18)16-15-10/h1-7H,8H2,(H,14,19)(H,16,18). The van der Waals surface area contributed by atoms with Crippen LogP contribution in [0.1, 0.15) is 20.8 Å². The van der Waals surface area contributed by atoms with E-state index in [9.17, 15) is 14.4 Å². The number of carbonyl (C=O) groups is 2. The van der Waals surface area contributed by atoms with Crippen LogP contribution in [0.15, 0.2) is 47.3 Å². The van der Waals surface area contributed by atoms with E-state index in [0.717, 1.165) is 0 Å². The number of ketones is 1. The first kappa shape index (κ1) is 12.7. The lowest BCUT2D eigenvalue weighted by Crippen LogP contribution is -2.30. The Morgan fingerprint density at radius 2 is 1.84 bits per heavy atom. The van der Waals surface area contributed by atoms with Crippen LogP contribution in [0.2, 0.25) is 0 Å². The van der Waals surface area contributed by atoms with E-state index in [-0.39, 0.29) is 18.0 Å². The van der Waals surface area contributed by atoms with Gasteiger partial charge in [-0.05, 0) is 6.07 Å². The highest BCUT2D eigenvalue weighted by molar-refractivity contribution is 6.01. The third-order valence-electron chi connectivity index (χ3n) is 2.42. The Morgan fingerprint density at radius 3 is 2.47 bits per heavy atom. The molecule has 96 valence electrons. The van der Waals surface area contributed by atoms with Gasteiger partial charge in [0.1, 0.15) is 5.69 Å². The third-order valence-corrected chi connectivity index (χ3v) is 2.42. The van der Waals surface area contributed by atoms with E-state index < -0.39 is 11.5 Å². The molecule has 0 bridgehead atoms. The predicted molar refractivity (Wildman–Crippen MR) is 68.0 cm³/mol. The molecule has 2 N–H and O–H groups in total. The van der Waals surface area contributed by atoms with Crippen LogP contribution < -0.4 is 10.9 Å². The minimum Gasteiger partial charge on any atom is -0.343 e. The van der Waals surface area contributed by atoms with Crippen molar-refractivity contribution in [2.75, 3.05) is 6.54 Å². The van der Waals surface area contributed by atoms with E-state index in [4.69, 9.17) is 0 Å². The van der Waals surface area contributed by atoms with Crippen LogP contribution in [-0.4, -0.2) is 28.4 Å². The van der Waals surface area contributed by atoms with Crippen molar-refractivity contribution in [1.29, 1.82) is 0 Å². The highest BCUT2D eigenvalue weighted by Crippen LogP contribution is 1.99. The second-order valence-corrected chi connectivity index (χ2v) is 3.78. The Bertz CT molecular complexity index is 629. The van der Waals surface area contributed by atoms with Crippen molar-refractivity contribution in [2.45, 2.75) is 0 Å². The van der Waals surface area contributed by atoms with Gasteiger partial charge in [0.2, 0.25) is 0 Å². The first-order valence-corrected chi connectivity index (χ1v) is 5.59. The summed E-state index contributed by atoms with van der Waals surface area (Å²) in [5, 5.41) is 8.16. The molecule has 6 heteroatoms. The van der Waals surface area contributed by atoms with Crippen molar-refractivity contribution in [1.82, 2.24) is 15.5 Å². The summed E-state index contributed by atoms with van der Waals surface area (Å²) in [6.07, 6.45) is 0. The van der Waals surface area contributed by atoms with Crippen molar-refractivity contribution in [3.63, 3.8) is 0 Å². The lowest BCUT2D eigenvalue weighted by atomic mass is 10.1. The van der Waals surface area contributed by atoms with Crippen LogP contribution >= 0.6 is 0 Å². The van der Waals surface area contributed by atoms with Crippen LogP contribution in [0.3, 0.4) is 0 Å². The normalized spacial score (nSPS) is 9.89. The fourth-order valence-electron chi connectivity index (χ4n) is 1.45. The quantitative estimate of drug-likeness (QED) is 0.775. The lowest BCUT2D eigenvalue weighted by molar-refractivity contribution is 0.0900. The molecular formula is C13H11N3O3. The van der Waals surface area contributed by atoms with Gasteiger partial charge in [0.15, 0.2) is 5.78 Å². The molecule has 2 rings (SSSR count). The molecule has 0 aliphatic heterocycles.